The summed E-state index contributed by atoms with van der Waals surface area (Å²) < 4.78 is 26.9. The topological polar surface area (TPSA) is 78.5 Å². The first-order valence-corrected chi connectivity index (χ1v) is 11.2. The van der Waals surface area contributed by atoms with E-state index in [0.717, 1.165) is 24.9 Å². The van der Waals surface area contributed by atoms with Gasteiger partial charge in [0.15, 0.2) is 0 Å². The average molecular weight is 400 g/mol. The van der Waals surface area contributed by atoms with Crippen molar-refractivity contribution in [2.24, 2.45) is 0 Å². The standard InChI is InChI=1S/C21H25N3O3S/c25-21(23-19-10-8-18(9-11-19)22-17-6-7-17)16-4-12-20(13-5-16)28(26,27)24-14-2-1-3-15-24/h4-5,8-13,17,22H,1-3,6-7,14-15H2,(H,23,25). The minimum Gasteiger partial charge on any atom is -0.382 e. The number of amides is 1. The lowest BCUT2D eigenvalue weighted by atomic mass is 10.2. The molecular formula is C21H25N3O3S. The Morgan fingerprint density at radius 3 is 2.07 bits per heavy atom. The van der Waals surface area contributed by atoms with Gasteiger partial charge in [-0.15, -0.1) is 0 Å². The molecule has 1 aliphatic carbocycles. The van der Waals surface area contributed by atoms with E-state index in [4.69, 9.17) is 0 Å². The highest BCUT2D eigenvalue weighted by Gasteiger charge is 2.26. The number of hydrogen-bond donors (Lipinski definition) is 2. The maximum Gasteiger partial charge on any atom is 0.255 e. The Morgan fingerprint density at radius 1 is 0.857 bits per heavy atom. The summed E-state index contributed by atoms with van der Waals surface area (Å²) in [5, 5.41) is 6.25. The number of anilines is 2. The molecule has 1 saturated carbocycles. The van der Waals surface area contributed by atoms with Crippen LogP contribution in [0.1, 0.15) is 42.5 Å². The van der Waals surface area contributed by atoms with Gasteiger partial charge in [0.1, 0.15) is 0 Å². The van der Waals surface area contributed by atoms with Crippen LogP contribution in [-0.2, 0) is 10.0 Å². The highest BCUT2D eigenvalue weighted by Crippen LogP contribution is 2.25. The number of carbonyl (C=O) groups excluding carboxylic acids is 1. The molecule has 0 spiro atoms. The third-order valence-electron chi connectivity index (χ3n) is 5.16. The van der Waals surface area contributed by atoms with Gasteiger partial charge in [-0.25, -0.2) is 8.42 Å². The summed E-state index contributed by atoms with van der Waals surface area (Å²) in [5.41, 5.74) is 2.18. The summed E-state index contributed by atoms with van der Waals surface area (Å²) in [5.74, 6) is -0.259. The van der Waals surface area contributed by atoms with Crippen LogP contribution < -0.4 is 10.6 Å². The Kier molecular flexibility index (Phi) is 5.37. The molecule has 1 saturated heterocycles. The number of hydrogen-bond acceptors (Lipinski definition) is 4. The molecule has 1 aliphatic heterocycles. The van der Waals surface area contributed by atoms with Crippen LogP contribution >= 0.6 is 0 Å². The lowest BCUT2D eigenvalue weighted by Crippen LogP contribution is -2.35. The number of rotatable bonds is 6. The van der Waals surface area contributed by atoms with Gasteiger partial charge in [-0.1, -0.05) is 6.42 Å². The summed E-state index contributed by atoms with van der Waals surface area (Å²) in [6.45, 7) is 1.13. The van der Waals surface area contributed by atoms with Crippen LogP contribution in [-0.4, -0.2) is 37.8 Å². The lowest BCUT2D eigenvalue weighted by Gasteiger charge is -2.25. The van der Waals surface area contributed by atoms with Crippen LogP contribution in [0.5, 0.6) is 0 Å². The van der Waals surface area contributed by atoms with Gasteiger partial charge in [0.05, 0.1) is 4.90 Å². The van der Waals surface area contributed by atoms with Crippen LogP contribution in [0.2, 0.25) is 0 Å². The van der Waals surface area contributed by atoms with Gasteiger partial charge in [0, 0.05) is 36.1 Å². The van der Waals surface area contributed by atoms with Gasteiger partial charge in [-0.3, -0.25) is 4.79 Å². The molecule has 0 unspecified atom stereocenters. The Bertz CT molecular complexity index is 930. The Hall–Kier alpha value is -2.38. The number of benzene rings is 2. The smallest absolute Gasteiger partial charge is 0.255 e. The molecule has 28 heavy (non-hydrogen) atoms. The quantitative estimate of drug-likeness (QED) is 0.777. The predicted molar refractivity (Wildman–Crippen MR) is 110 cm³/mol. The minimum absolute atomic E-state index is 0.237. The van der Waals surface area contributed by atoms with Crippen LogP contribution in [0.3, 0.4) is 0 Å². The SMILES string of the molecule is O=C(Nc1ccc(NC2CC2)cc1)c1ccc(S(=O)(=O)N2CCCCC2)cc1. The molecule has 0 aromatic heterocycles. The fourth-order valence-corrected chi connectivity index (χ4v) is 4.87. The molecule has 1 heterocycles. The van der Waals surface area contributed by atoms with Crippen molar-refractivity contribution in [3.63, 3.8) is 0 Å². The third-order valence-corrected chi connectivity index (χ3v) is 7.07. The van der Waals surface area contributed by atoms with Gasteiger partial charge >= 0.3 is 0 Å². The van der Waals surface area contributed by atoms with Crippen molar-refractivity contribution < 1.29 is 13.2 Å². The summed E-state index contributed by atoms with van der Waals surface area (Å²) in [6, 6.07) is 14.4. The first-order chi connectivity index (χ1) is 13.5. The van der Waals surface area contributed by atoms with Gasteiger partial charge in [0.2, 0.25) is 10.0 Å². The van der Waals surface area contributed by atoms with Gasteiger partial charge < -0.3 is 10.6 Å². The molecule has 2 aromatic rings. The summed E-state index contributed by atoms with van der Waals surface area (Å²) in [7, 11) is -3.48. The first-order valence-electron chi connectivity index (χ1n) is 9.80. The normalized spacial score (nSPS) is 17.9. The number of nitrogens with zero attached hydrogens (tertiary/aromatic N) is 1. The van der Waals surface area contributed by atoms with E-state index < -0.39 is 10.0 Å². The second-order valence-electron chi connectivity index (χ2n) is 7.44. The van der Waals surface area contributed by atoms with Crippen molar-refractivity contribution in [3.05, 3.63) is 54.1 Å². The van der Waals surface area contributed by atoms with Crippen LogP contribution in [0.15, 0.2) is 53.4 Å². The molecule has 2 aliphatic rings. The summed E-state index contributed by atoms with van der Waals surface area (Å²) in [4.78, 5) is 12.7. The second kappa shape index (κ2) is 7.93. The van der Waals surface area contributed by atoms with Crippen molar-refractivity contribution in [3.8, 4) is 0 Å². The molecule has 2 aromatic carbocycles. The van der Waals surface area contributed by atoms with Crippen LogP contribution in [0.25, 0.3) is 0 Å². The molecule has 1 amide bonds. The minimum atomic E-state index is -3.48. The Morgan fingerprint density at radius 2 is 1.46 bits per heavy atom. The maximum atomic E-state index is 12.7. The molecule has 7 heteroatoms. The van der Waals surface area contributed by atoms with Crippen molar-refractivity contribution in [2.75, 3.05) is 23.7 Å². The van der Waals surface area contributed by atoms with E-state index in [2.05, 4.69) is 10.6 Å². The van der Waals surface area contributed by atoms with E-state index >= 15 is 0 Å². The van der Waals surface area contributed by atoms with Gasteiger partial charge in [-0.2, -0.15) is 4.31 Å². The van der Waals surface area contributed by atoms with E-state index in [1.807, 2.05) is 24.3 Å². The largest absolute Gasteiger partial charge is 0.382 e. The fourth-order valence-electron chi connectivity index (χ4n) is 3.35. The van der Waals surface area contributed by atoms with Crippen molar-refractivity contribution in [2.45, 2.75) is 43.0 Å². The number of nitrogens with one attached hydrogen (secondary N) is 2. The highest BCUT2D eigenvalue weighted by atomic mass is 32.2. The average Bonchev–Trinajstić information content (AvgIpc) is 3.54. The highest BCUT2D eigenvalue weighted by molar-refractivity contribution is 7.89. The van der Waals surface area contributed by atoms with Crippen molar-refractivity contribution in [1.29, 1.82) is 0 Å². The van der Waals surface area contributed by atoms with Crippen molar-refractivity contribution in [1.82, 2.24) is 4.31 Å². The zero-order valence-electron chi connectivity index (χ0n) is 15.7. The van der Waals surface area contributed by atoms with Crippen LogP contribution in [0.4, 0.5) is 11.4 Å². The summed E-state index contributed by atoms with van der Waals surface area (Å²) in [6.07, 6.45) is 5.29. The van der Waals surface area contributed by atoms with E-state index in [1.165, 1.54) is 29.3 Å². The third kappa shape index (κ3) is 4.36. The molecule has 0 bridgehead atoms. The predicted octanol–water partition coefficient (Wildman–Crippen LogP) is 3.69. The molecule has 6 nitrogen and oxygen atoms in total. The monoisotopic (exact) mass is 399 g/mol. The molecule has 0 radical (unpaired) electrons. The number of carbonyl (C=O) groups is 1. The molecule has 2 fully saturated rings. The Labute approximate surface area is 166 Å². The molecule has 4 rings (SSSR count). The fraction of sp³-hybridized carbons (Fsp3) is 0.381. The number of sulfonamides is 1. The molecule has 2 N–H and O–H groups in total. The van der Waals surface area contributed by atoms with Gasteiger partial charge in [-0.05, 0) is 74.2 Å². The maximum absolute atomic E-state index is 12.7. The molecule has 0 atom stereocenters. The summed E-state index contributed by atoms with van der Waals surface area (Å²) >= 11 is 0. The van der Waals surface area contributed by atoms with E-state index in [0.29, 0.717) is 30.4 Å². The van der Waals surface area contributed by atoms with E-state index in [1.54, 1.807) is 12.1 Å². The second-order valence-corrected chi connectivity index (χ2v) is 9.38. The van der Waals surface area contributed by atoms with E-state index in [-0.39, 0.29) is 10.8 Å². The lowest BCUT2D eigenvalue weighted by molar-refractivity contribution is 0.102. The number of piperidine rings is 1. The van der Waals surface area contributed by atoms with Crippen molar-refractivity contribution >= 4 is 27.3 Å². The Balaban J connectivity index is 1.40. The first kappa shape index (κ1) is 19.0. The van der Waals surface area contributed by atoms with E-state index in [9.17, 15) is 13.2 Å². The zero-order valence-corrected chi connectivity index (χ0v) is 16.5. The molecular weight excluding hydrogens is 374 g/mol. The molecule has 148 valence electrons. The zero-order chi connectivity index (χ0) is 19.6. The van der Waals surface area contributed by atoms with Gasteiger partial charge in [0.25, 0.3) is 5.91 Å². The van der Waals surface area contributed by atoms with Crippen LogP contribution in [0, 0.1) is 0 Å².